The fourth-order valence-corrected chi connectivity index (χ4v) is 4.75. The summed E-state index contributed by atoms with van der Waals surface area (Å²) in [6, 6.07) is 9.78. The lowest BCUT2D eigenvalue weighted by molar-refractivity contribution is -0.193. The predicted molar refractivity (Wildman–Crippen MR) is 136 cm³/mol. The first kappa shape index (κ1) is 26.0. The molecule has 2 atom stereocenters. The summed E-state index contributed by atoms with van der Waals surface area (Å²) in [7, 11) is 1.98. The molecular weight excluding hydrogens is 477 g/mol. The molecule has 2 fully saturated rings. The Balaban J connectivity index is 1.70. The standard InChI is InChI=1S/C25H30BN5O6/c1-2-11-27-25(36)31-21-15-28(14-19-4-3-12-37-19)24(35)20(9-10-23(33)34)30(21)22(32)16-29(31)13-17-5-7-18(26)8-6-17/h2-8,12,20-21H,1,9-11,13-16,26H2,(H,27,36)(H,33,34)/t20-,21-/m0/s1. The molecule has 0 radical (unpaired) electrons. The molecule has 0 aliphatic carbocycles. The maximum absolute atomic E-state index is 13.5. The van der Waals surface area contributed by atoms with E-state index in [0.29, 0.717) is 12.3 Å². The normalized spacial score (nSPS) is 20.1. The van der Waals surface area contributed by atoms with Crippen molar-refractivity contribution in [1.82, 2.24) is 25.1 Å². The molecule has 2 N–H and O–H groups in total. The van der Waals surface area contributed by atoms with E-state index in [1.54, 1.807) is 23.2 Å². The number of aliphatic carboxylic acids is 1. The van der Waals surface area contributed by atoms with Gasteiger partial charge in [0.1, 0.15) is 25.8 Å². The molecule has 12 heteroatoms. The minimum Gasteiger partial charge on any atom is -0.481 e. The Hall–Kier alpha value is -4.06. The molecule has 1 aromatic carbocycles. The Bertz CT molecular complexity index is 1150. The Morgan fingerprint density at radius 3 is 2.59 bits per heavy atom. The minimum absolute atomic E-state index is 0.0424. The van der Waals surface area contributed by atoms with Crippen molar-refractivity contribution in [3.8, 4) is 0 Å². The lowest BCUT2D eigenvalue weighted by Crippen LogP contribution is -2.76. The number of amides is 4. The average Bonchev–Trinajstić information content (AvgIpc) is 3.37. The fourth-order valence-electron chi connectivity index (χ4n) is 4.75. The number of carbonyl (C=O) groups is 4. The zero-order valence-electron chi connectivity index (χ0n) is 20.7. The van der Waals surface area contributed by atoms with Gasteiger partial charge in [0.25, 0.3) is 0 Å². The van der Waals surface area contributed by atoms with Gasteiger partial charge in [0.15, 0.2) is 0 Å². The highest BCUT2D eigenvalue weighted by Crippen LogP contribution is 2.30. The molecule has 3 heterocycles. The van der Waals surface area contributed by atoms with Crippen LogP contribution in [0.1, 0.15) is 24.2 Å². The van der Waals surface area contributed by atoms with E-state index < -0.39 is 24.2 Å². The van der Waals surface area contributed by atoms with Crippen LogP contribution in [0.4, 0.5) is 4.79 Å². The van der Waals surface area contributed by atoms with E-state index in [9.17, 15) is 24.3 Å². The van der Waals surface area contributed by atoms with Crippen LogP contribution in [0.5, 0.6) is 0 Å². The number of urea groups is 1. The summed E-state index contributed by atoms with van der Waals surface area (Å²) in [4.78, 5) is 54.6. The molecule has 1 aromatic heterocycles. The third kappa shape index (κ3) is 5.86. The van der Waals surface area contributed by atoms with Gasteiger partial charge in [-0.05, 0) is 24.1 Å². The van der Waals surface area contributed by atoms with Crippen molar-refractivity contribution in [2.24, 2.45) is 0 Å². The second-order valence-electron chi connectivity index (χ2n) is 9.16. The highest BCUT2D eigenvalue weighted by molar-refractivity contribution is 6.32. The van der Waals surface area contributed by atoms with E-state index in [1.165, 1.54) is 21.1 Å². The van der Waals surface area contributed by atoms with E-state index in [0.717, 1.165) is 11.0 Å². The number of carboxylic acids is 1. The number of hydrogen-bond acceptors (Lipinski definition) is 6. The Morgan fingerprint density at radius 2 is 1.95 bits per heavy atom. The van der Waals surface area contributed by atoms with Gasteiger partial charge in [-0.25, -0.2) is 14.8 Å². The summed E-state index contributed by atoms with van der Waals surface area (Å²) in [5, 5.41) is 15.2. The molecule has 2 aromatic rings. The van der Waals surface area contributed by atoms with Gasteiger partial charge in [-0.3, -0.25) is 14.4 Å². The largest absolute Gasteiger partial charge is 0.481 e. The molecule has 4 amide bonds. The number of benzene rings is 1. The number of nitrogens with zero attached hydrogens (tertiary/aromatic N) is 4. The van der Waals surface area contributed by atoms with Gasteiger partial charge >= 0.3 is 12.0 Å². The van der Waals surface area contributed by atoms with Gasteiger partial charge in [0, 0.05) is 19.5 Å². The number of furan rings is 1. The third-order valence-corrected chi connectivity index (χ3v) is 6.48. The molecule has 194 valence electrons. The Morgan fingerprint density at radius 1 is 1.19 bits per heavy atom. The van der Waals surface area contributed by atoms with Gasteiger partial charge < -0.3 is 24.6 Å². The lowest BCUT2D eigenvalue weighted by atomic mass is 9.95. The van der Waals surface area contributed by atoms with E-state index in [4.69, 9.17) is 4.42 Å². The smallest absolute Gasteiger partial charge is 0.334 e. The van der Waals surface area contributed by atoms with Crippen LogP contribution < -0.4 is 10.8 Å². The molecule has 0 unspecified atom stereocenters. The van der Waals surface area contributed by atoms with Crippen molar-refractivity contribution >= 4 is 37.1 Å². The second-order valence-corrected chi connectivity index (χ2v) is 9.16. The molecule has 2 aliphatic rings. The van der Waals surface area contributed by atoms with Crippen LogP contribution in [-0.2, 0) is 27.5 Å². The highest BCUT2D eigenvalue weighted by Gasteiger charge is 2.51. The number of rotatable bonds is 9. The van der Waals surface area contributed by atoms with Crippen molar-refractivity contribution in [3.63, 3.8) is 0 Å². The first-order valence-electron chi connectivity index (χ1n) is 12.1. The van der Waals surface area contributed by atoms with Crippen molar-refractivity contribution in [2.75, 3.05) is 19.6 Å². The van der Waals surface area contributed by atoms with Crippen molar-refractivity contribution in [1.29, 1.82) is 0 Å². The number of hydrazine groups is 1. The summed E-state index contributed by atoms with van der Waals surface area (Å²) in [5.74, 6) is -1.24. The van der Waals surface area contributed by atoms with Crippen molar-refractivity contribution in [3.05, 3.63) is 66.6 Å². The van der Waals surface area contributed by atoms with Crippen LogP contribution in [0.3, 0.4) is 0 Å². The van der Waals surface area contributed by atoms with E-state index in [1.807, 2.05) is 32.1 Å². The lowest BCUT2D eigenvalue weighted by Gasteiger charge is -2.55. The maximum atomic E-state index is 13.5. The zero-order chi connectivity index (χ0) is 26.5. The number of piperazine rings is 1. The molecule has 4 rings (SSSR count). The molecule has 0 bridgehead atoms. The fraction of sp³-hybridized carbons (Fsp3) is 0.360. The summed E-state index contributed by atoms with van der Waals surface area (Å²) >= 11 is 0. The van der Waals surface area contributed by atoms with Gasteiger partial charge in [0.2, 0.25) is 11.8 Å². The summed E-state index contributed by atoms with van der Waals surface area (Å²) in [6.45, 7) is 4.20. The zero-order valence-corrected chi connectivity index (χ0v) is 20.7. The second kappa shape index (κ2) is 11.3. The topological polar surface area (TPSA) is 127 Å². The predicted octanol–water partition coefficient (Wildman–Crippen LogP) is -0.103. The molecule has 2 saturated heterocycles. The van der Waals surface area contributed by atoms with E-state index in [2.05, 4.69) is 11.9 Å². The van der Waals surface area contributed by atoms with Crippen LogP contribution in [0, 0.1) is 0 Å². The Kier molecular flexibility index (Phi) is 7.97. The molecule has 0 spiro atoms. The van der Waals surface area contributed by atoms with Crippen molar-refractivity contribution in [2.45, 2.75) is 38.1 Å². The molecule has 2 aliphatic heterocycles. The number of fused-ring (bicyclic) bond motifs is 1. The van der Waals surface area contributed by atoms with Gasteiger partial charge in [-0.1, -0.05) is 35.8 Å². The van der Waals surface area contributed by atoms with Crippen LogP contribution in [0.2, 0.25) is 0 Å². The van der Waals surface area contributed by atoms with Gasteiger partial charge in [-0.15, -0.1) is 6.58 Å². The summed E-state index contributed by atoms with van der Waals surface area (Å²) in [5.41, 5.74) is 2.00. The van der Waals surface area contributed by atoms with Crippen molar-refractivity contribution < 1.29 is 28.7 Å². The molecular formula is C25H30BN5O6. The highest BCUT2D eigenvalue weighted by atomic mass is 16.4. The van der Waals surface area contributed by atoms with Crippen LogP contribution in [0.15, 0.2) is 59.7 Å². The van der Waals surface area contributed by atoms with Crippen LogP contribution in [-0.4, -0.2) is 88.4 Å². The van der Waals surface area contributed by atoms with E-state index in [-0.39, 0.29) is 50.8 Å². The SMILES string of the molecule is Bc1ccc(CN2CC(=O)N3[C@@H](CCC(=O)O)C(=O)N(Cc4ccco4)C[C@@H]3N2C(=O)NCC=C)cc1. The van der Waals surface area contributed by atoms with Crippen LogP contribution in [0.25, 0.3) is 0 Å². The molecule has 0 saturated carbocycles. The summed E-state index contributed by atoms with van der Waals surface area (Å²) in [6.07, 6.45) is 1.87. The monoisotopic (exact) mass is 507 g/mol. The van der Waals surface area contributed by atoms with Crippen LogP contribution >= 0.6 is 0 Å². The minimum atomic E-state index is -1.07. The first-order chi connectivity index (χ1) is 17.8. The summed E-state index contributed by atoms with van der Waals surface area (Å²) < 4.78 is 5.43. The maximum Gasteiger partial charge on any atom is 0.334 e. The Labute approximate surface area is 215 Å². The molecule has 11 nitrogen and oxygen atoms in total. The number of carboxylic acid groups (broad SMARTS) is 1. The number of hydrogen-bond donors (Lipinski definition) is 2. The number of nitrogens with one attached hydrogen (secondary N) is 1. The third-order valence-electron chi connectivity index (χ3n) is 6.48. The number of carbonyl (C=O) groups excluding carboxylic acids is 3. The average molecular weight is 507 g/mol. The van der Waals surface area contributed by atoms with E-state index >= 15 is 0 Å². The first-order valence-corrected chi connectivity index (χ1v) is 12.1. The van der Waals surface area contributed by atoms with Gasteiger partial charge in [-0.2, -0.15) is 0 Å². The van der Waals surface area contributed by atoms with Gasteiger partial charge in [0.05, 0.1) is 25.9 Å². The quantitative estimate of drug-likeness (QED) is 0.359. The molecule has 37 heavy (non-hydrogen) atoms.